The fourth-order valence-electron chi connectivity index (χ4n) is 1.84. The predicted octanol–water partition coefficient (Wildman–Crippen LogP) is 2.80. The third-order valence-corrected chi connectivity index (χ3v) is 3.35. The van der Waals surface area contributed by atoms with Crippen LogP contribution in [-0.2, 0) is 13.5 Å². The summed E-state index contributed by atoms with van der Waals surface area (Å²) in [5.41, 5.74) is 2.36. The minimum absolute atomic E-state index is 0.0887. The number of nitrogens with zero attached hydrogens (tertiary/aromatic N) is 2. The summed E-state index contributed by atoms with van der Waals surface area (Å²) in [7, 11) is 1.81. The van der Waals surface area contributed by atoms with Crippen LogP contribution in [0.3, 0.4) is 0 Å². The molecule has 18 heavy (non-hydrogen) atoms. The first-order valence-electron chi connectivity index (χ1n) is 5.59. The molecule has 2 aromatic rings. The summed E-state index contributed by atoms with van der Waals surface area (Å²) >= 11 is 5.61. The topological polar surface area (TPSA) is 38.1 Å². The summed E-state index contributed by atoms with van der Waals surface area (Å²) in [5, 5.41) is 14.3. The van der Waals surface area contributed by atoms with Gasteiger partial charge in [0.2, 0.25) is 0 Å². The van der Waals surface area contributed by atoms with Gasteiger partial charge in [-0.1, -0.05) is 17.7 Å². The number of aryl methyl sites for hydroxylation is 1. The van der Waals surface area contributed by atoms with Crippen LogP contribution in [0, 0.1) is 12.7 Å². The first kappa shape index (κ1) is 13.1. The smallest absolute Gasteiger partial charge is 0.142 e. The van der Waals surface area contributed by atoms with Crippen molar-refractivity contribution in [2.24, 2.45) is 7.05 Å². The SMILES string of the molecule is Cc1c(C(O)Cc2ccc(Cl)c(F)c2)cnn1C. The second-order valence-electron chi connectivity index (χ2n) is 4.28. The lowest BCUT2D eigenvalue weighted by Crippen LogP contribution is -2.04. The summed E-state index contributed by atoms with van der Waals surface area (Å²) in [6.45, 7) is 1.88. The van der Waals surface area contributed by atoms with Gasteiger partial charge in [0.15, 0.2) is 0 Å². The molecular formula is C13H14ClFN2O. The van der Waals surface area contributed by atoms with Gasteiger partial charge in [0.05, 0.1) is 17.3 Å². The Morgan fingerprint density at radius 2 is 2.22 bits per heavy atom. The van der Waals surface area contributed by atoms with Crippen molar-refractivity contribution in [3.63, 3.8) is 0 Å². The molecule has 96 valence electrons. The highest BCUT2D eigenvalue weighted by molar-refractivity contribution is 6.30. The van der Waals surface area contributed by atoms with E-state index in [1.54, 1.807) is 16.9 Å². The maximum absolute atomic E-state index is 13.3. The van der Waals surface area contributed by atoms with Crippen molar-refractivity contribution in [1.82, 2.24) is 9.78 Å². The van der Waals surface area contributed by atoms with E-state index in [1.807, 2.05) is 14.0 Å². The molecule has 0 aliphatic carbocycles. The van der Waals surface area contributed by atoms with Crippen LogP contribution in [0.15, 0.2) is 24.4 Å². The number of aliphatic hydroxyl groups excluding tert-OH is 1. The average molecular weight is 269 g/mol. The van der Waals surface area contributed by atoms with E-state index in [1.165, 1.54) is 12.1 Å². The minimum atomic E-state index is -0.695. The fraction of sp³-hybridized carbons (Fsp3) is 0.308. The molecule has 1 aromatic heterocycles. The quantitative estimate of drug-likeness (QED) is 0.930. The van der Waals surface area contributed by atoms with Gasteiger partial charge in [-0.05, 0) is 24.6 Å². The van der Waals surface area contributed by atoms with Gasteiger partial charge >= 0.3 is 0 Å². The van der Waals surface area contributed by atoms with E-state index in [0.717, 1.165) is 11.3 Å². The average Bonchev–Trinajstić information content (AvgIpc) is 2.65. The molecule has 1 N–H and O–H groups in total. The monoisotopic (exact) mass is 268 g/mol. The Bertz CT molecular complexity index is 568. The van der Waals surface area contributed by atoms with Crippen LogP contribution in [0.1, 0.15) is 22.9 Å². The maximum Gasteiger partial charge on any atom is 0.142 e. The van der Waals surface area contributed by atoms with Crippen LogP contribution in [-0.4, -0.2) is 14.9 Å². The largest absolute Gasteiger partial charge is 0.388 e. The Labute approximate surface area is 110 Å². The lowest BCUT2D eigenvalue weighted by atomic mass is 10.0. The predicted molar refractivity (Wildman–Crippen MR) is 68.0 cm³/mol. The van der Waals surface area contributed by atoms with Crippen LogP contribution in [0.4, 0.5) is 4.39 Å². The molecule has 1 aromatic carbocycles. The molecule has 0 saturated heterocycles. The van der Waals surface area contributed by atoms with Gasteiger partial charge in [-0.25, -0.2) is 4.39 Å². The van der Waals surface area contributed by atoms with Crippen molar-refractivity contribution in [3.8, 4) is 0 Å². The van der Waals surface area contributed by atoms with E-state index < -0.39 is 11.9 Å². The van der Waals surface area contributed by atoms with Gasteiger partial charge in [0.1, 0.15) is 5.82 Å². The Morgan fingerprint density at radius 3 is 2.78 bits per heavy atom. The molecule has 0 aliphatic heterocycles. The second kappa shape index (κ2) is 5.08. The number of benzene rings is 1. The van der Waals surface area contributed by atoms with Crippen LogP contribution >= 0.6 is 11.6 Å². The van der Waals surface area contributed by atoms with Gasteiger partial charge in [-0.15, -0.1) is 0 Å². The molecule has 3 nitrogen and oxygen atoms in total. The summed E-state index contributed by atoms with van der Waals surface area (Å²) in [6, 6.07) is 4.55. The molecule has 1 unspecified atom stereocenters. The van der Waals surface area contributed by atoms with Crippen molar-refractivity contribution in [2.45, 2.75) is 19.4 Å². The highest BCUT2D eigenvalue weighted by atomic mass is 35.5. The van der Waals surface area contributed by atoms with Crippen LogP contribution in [0.25, 0.3) is 0 Å². The Kier molecular flexibility index (Phi) is 3.68. The van der Waals surface area contributed by atoms with Gasteiger partial charge in [-0.3, -0.25) is 4.68 Å². The third-order valence-electron chi connectivity index (χ3n) is 3.05. The molecule has 1 heterocycles. The van der Waals surface area contributed by atoms with E-state index in [-0.39, 0.29) is 5.02 Å². The van der Waals surface area contributed by atoms with Crippen molar-refractivity contribution in [1.29, 1.82) is 0 Å². The number of hydrogen-bond acceptors (Lipinski definition) is 2. The molecule has 0 amide bonds. The fourth-order valence-corrected chi connectivity index (χ4v) is 1.96. The summed E-state index contributed by atoms with van der Waals surface area (Å²) in [5.74, 6) is -0.468. The van der Waals surface area contributed by atoms with Crippen molar-refractivity contribution >= 4 is 11.6 Å². The molecule has 2 rings (SSSR count). The molecule has 0 bridgehead atoms. The number of halogens is 2. The molecular weight excluding hydrogens is 255 g/mol. The molecule has 5 heteroatoms. The third kappa shape index (κ3) is 2.54. The van der Waals surface area contributed by atoms with E-state index >= 15 is 0 Å². The van der Waals surface area contributed by atoms with Crippen LogP contribution in [0.5, 0.6) is 0 Å². The standard InChI is InChI=1S/C13H14ClFN2O/c1-8-10(7-16-17(8)2)13(18)6-9-3-4-11(14)12(15)5-9/h3-5,7,13,18H,6H2,1-2H3. The first-order chi connectivity index (χ1) is 8.49. The molecule has 0 spiro atoms. The van der Waals surface area contributed by atoms with Crippen molar-refractivity contribution in [2.75, 3.05) is 0 Å². The highest BCUT2D eigenvalue weighted by Crippen LogP contribution is 2.23. The lowest BCUT2D eigenvalue weighted by molar-refractivity contribution is 0.177. The zero-order chi connectivity index (χ0) is 13.3. The Balaban J connectivity index is 2.18. The van der Waals surface area contributed by atoms with Crippen molar-refractivity contribution in [3.05, 3.63) is 52.1 Å². The first-order valence-corrected chi connectivity index (χ1v) is 5.97. The lowest BCUT2D eigenvalue weighted by Gasteiger charge is -2.10. The van der Waals surface area contributed by atoms with Crippen molar-refractivity contribution < 1.29 is 9.50 Å². The minimum Gasteiger partial charge on any atom is -0.388 e. The number of aromatic nitrogens is 2. The van der Waals surface area contributed by atoms with Crippen LogP contribution in [0.2, 0.25) is 5.02 Å². The number of aliphatic hydroxyl groups is 1. The zero-order valence-electron chi connectivity index (χ0n) is 10.2. The normalized spacial score (nSPS) is 12.7. The highest BCUT2D eigenvalue weighted by Gasteiger charge is 2.15. The van der Waals surface area contributed by atoms with E-state index in [9.17, 15) is 9.50 Å². The zero-order valence-corrected chi connectivity index (χ0v) is 10.9. The molecule has 0 radical (unpaired) electrons. The Hall–Kier alpha value is -1.39. The van der Waals surface area contributed by atoms with Gasteiger partial charge in [0, 0.05) is 24.7 Å². The molecule has 0 aliphatic rings. The summed E-state index contributed by atoms with van der Waals surface area (Å²) < 4.78 is 15.0. The Morgan fingerprint density at radius 1 is 1.50 bits per heavy atom. The summed E-state index contributed by atoms with van der Waals surface area (Å²) in [6.07, 6.45) is 1.27. The van der Waals surface area contributed by atoms with E-state index in [2.05, 4.69) is 5.10 Å². The van der Waals surface area contributed by atoms with E-state index in [0.29, 0.717) is 12.0 Å². The summed E-state index contributed by atoms with van der Waals surface area (Å²) in [4.78, 5) is 0. The molecule has 0 saturated carbocycles. The number of hydrogen-bond donors (Lipinski definition) is 1. The van der Waals surface area contributed by atoms with Gasteiger partial charge < -0.3 is 5.11 Å². The second-order valence-corrected chi connectivity index (χ2v) is 4.68. The van der Waals surface area contributed by atoms with Gasteiger partial charge in [-0.2, -0.15) is 5.10 Å². The molecule has 0 fully saturated rings. The van der Waals surface area contributed by atoms with Crippen LogP contribution < -0.4 is 0 Å². The maximum atomic E-state index is 13.3. The van der Waals surface area contributed by atoms with Gasteiger partial charge in [0.25, 0.3) is 0 Å². The molecule has 1 atom stereocenters. The van der Waals surface area contributed by atoms with E-state index in [4.69, 9.17) is 11.6 Å². The number of rotatable bonds is 3.